The van der Waals surface area contributed by atoms with Gasteiger partial charge in [0, 0.05) is 63.4 Å². The summed E-state index contributed by atoms with van der Waals surface area (Å²) in [4.78, 5) is 29.2. The summed E-state index contributed by atoms with van der Waals surface area (Å²) < 4.78 is 8.04. The van der Waals surface area contributed by atoms with Gasteiger partial charge >= 0.3 is 0 Å². The maximum atomic E-state index is 12.9. The molecular weight excluding hydrogens is 454 g/mol. The molecule has 2 aliphatic rings. The molecule has 0 saturated carbocycles. The first-order chi connectivity index (χ1) is 17.4. The molecule has 2 aliphatic heterocycles. The van der Waals surface area contributed by atoms with Crippen LogP contribution in [0.4, 0.5) is 0 Å². The number of rotatable bonds is 8. The Balaban J connectivity index is 1.07. The van der Waals surface area contributed by atoms with Crippen LogP contribution in [-0.2, 0) is 24.9 Å². The number of fused-ring (bicyclic) bond motifs is 1. The van der Waals surface area contributed by atoms with Crippen LogP contribution in [0.2, 0.25) is 0 Å². The van der Waals surface area contributed by atoms with E-state index in [0.717, 1.165) is 37.2 Å². The Morgan fingerprint density at radius 2 is 1.81 bits per heavy atom. The molecule has 8 heteroatoms. The van der Waals surface area contributed by atoms with Crippen molar-refractivity contribution >= 4 is 11.8 Å². The number of likely N-dealkylation sites (tertiary alicyclic amines) is 1. The highest BCUT2D eigenvalue weighted by molar-refractivity contribution is 5.99. The minimum atomic E-state index is -0.239. The van der Waals surface area contributed by atoms with Gasteiger partial charge in [-0.05, 0) is 36.4 Å². The van der Waals surface area contributed by atoms with Crippen molar-refractivity contribution in [3.05, 3.63) is 83.2 Å². The third-order valence-corrected chi connectivity index (χ3v) is 6.95. The van der Waals surface area contributed by atoms with Crippen molar-refractivity contribution in [1.82, 2.24) is 24.9 Å². The van der Waals surface area contributed by atoms with Gasteiger partial charge in [0.1, 0.15) is 11.9 Å². The van der Waals surface area contributed by atoms with Crippen molar-refractivity contribution in [3.8, 4) is 5.75 Å². The third kappa shape index (κ3) is 5.60. The molecule has 3 heterocycles. The smallest absolute Gasteiger partial charge is 0.252 e. The molecule has 188 valence electrons. The van der Waals surface area contributed by atoms with E-state index in [1.54, 1.807) is 0 Å². The highest BCUT2D eigenvalue weighted by atomic mass is 16.5. The number of nitrogens with zero attached hydrogens (tertiary/aromatic N) is 4. The number of amides is 2. The van der Waals surface area contributed by atoms with Crippen molar-refractivity contribution < 1.29 is 14.3 Å². The van der Waals surface area contributed by atoms with E-state index in [9.17, 15) is 9.59 Å². The molecule has 36 heavy (non-hydrogen) atoms. The van der Waals surface area contributed by atoms with E-state index in [1.165, 1.54) is 11.1 Å². The SMILES string of the molecule is CN(Cc1ccc(OC2CCN(C(=O)CC3NC(=O)c4ccccc43)CC2)cc1)Cc1cnn(C)c1. The molecule has 0 bridgehead atoms. The second-order valence-electron chi connectivity index (χ2n) is 9.85. The number of hydrogen-bond acceptors (Lipinski definition) is 5. The number of aryl methyl sites for hydroxylation is 1. The van der Waals surface area contributed by atoms with E-state index >= 15 is 0 Å². The van der Waals surface area contributed by atoms with Crippen LogP contribution in [0.1, 0.15) is 52.4 Å². The van der Waals surface area contributed by atoms with Crippen LogP contribution >= 0.6 is 0 Å². The zero-order chi connectivity index (χ0) is 25.1. The van der Waals surface area contributed by atoms with Crippen molar-refractivity contribution in [2.24, 2.45) is 7.05 Å². The molecule has 8 nitrogen and oxygen atoms in total. The van der Waals surface area contributed by atoms with Gasteiger partial charge in [0.15, 0.2) is 0 Å². The van der Waals surface area contributed by atoms with Gasteiger partial charge in [0.05, 0.1) is 18.7 Å². The van der Waals surface area contributed by atoms with Crippen molar-refractivity contribution in [1.29, 1.82) is 0 Å². The van der Waals surface area contributed by atoms with Crippen molar-refractivity contribution in [2.45, 2.75) is 44.5 Å². The largest absolute Gasteiger partial charge is 0.490 e. The van der Waals surface area contributed by atoms with Crippen LogP contribution < -0.4 is 10.1 Å². The van der Waals surface area contributed by atoms with Crippen LogP contribution in [0, 0.1) is 0 Å². The number of piperidine rings is 1. The average Bonchev–Trinajstić information content (AvgIpc) is 3.43. The molecule has 0 aliphatic carbocycles. The second-order valence-corrected chi connectivity index (χ2v) is 9.85. The van der Waals surface area contributed by atoms with E-state index in [-0.39, 0.29) is 24.0 Å². The normalized spacial score (nSPS) is 17.8. The van der Waals surface area contributed by atoms with E-state index in [1.807, 2.05) is 65.4 Å². The Hall–Kier alpha value is -3.65. The lowest BCUT2D eigenvalue weighted by atomic mass is 10.0. The Labute approximate surface area is 211 Å². The van der Waals surface area contributed by atoms with Crippen LogP contribution in [0.15, 0.2) is 60.9 Å². The monoisotopic (exact) mass is 487 g/mol. The molecule has 1 N–H and O–H groups in total. The fraction of sp³-hybridized carbons (Fsp3) is 0.393. The van der Waals surface area contributed by atoms with Crippen molar-refractivity contribution in [2.75, 3.05) is 20.1 Å². The summed E-state index contributed by atoms with van der Waals surface area (Å²) in [5, 5.41) is 7.17. The Morgan fingerprint density at radius 3 is 2.53 bits per heavy atom. The van der Waals surface area contributed by atoms with Gasteiger partial charge in [-0.15, -0.1) is 0 Å². The average molecular weight is 488 g/mol. The van der Waals surface area contributed by atoms with E-state index in [0.29, 0.717) is 25.1 Å². The van der Waals surface area contributed by atoms with Gasteiger partial charge in [0.25, 0.3) is 5.91 Å². The zero-order valence-corrected chi connectivity index (χ0v) is 20.9. The maximum Gasteiger partial charge on any atom is 0.252 e. The Morgan fingerprint density at radius 1 is 1.08 bits per heavy atom. The van der Waals surface area contributed by atoms with Crippen molar-refractivity contribution in [3.63, 3.8) is 0 Å². The Bertz CT molecular complexity index is 1210. The molecule has 5 rings (SSSR count). The van der Waals surface area contributed by atoms with Crippen LogP contribution in [-0.4, -0.2) is 57.6 Å². The summed E-state index contributed by atoms with van der Waals surface area (Å²) in [6.07, 6.45) is 5.94. The fourth-order valence-electron chi connectivity index (χ4n) is 5.11. The molecule has 0 spiro atoms. The number of carbonyl (C=O) groups is 2. The molecule has 1 saturated heterocycles. The standard InChI is InChI=1S/C28H33N5O3/c1-31(18-21-16-29-32(2)19-21)17-20-7-9-22(10-8-20)36-23-11-13-33(14-12-23)27(34)15-26-24-5-3-4-6-25(24)28(35)30-26/h3-10,16,19,23,26H,11-15,17-18H2,1-2H3,(H,30,35). The molecule has 3 aromatic rings. The number of carbonyl (C=O) groups excluding carboxylic acids is 2. The second kappa shape index (κ2) is 10.5. The first-order valence-electron chi connectivity index (χ1n) is 12.5. The quantitative estimate of drug-likeness (QED) is 0.528. The van der Waals surface area contributed by atoms with Crippen LogP contribution in [0.25, 0.3) is 0 Å². The number of nitrogens with one attached hydrogen (secondary N) is 1. The number of benzene rings is 2. The predicted molar refractivity (Wildman–Crippen MR) is 136 cm³/mol. The highest BCUT2D eigenvalue weighted by Crippen LogP contribution is 2.29. The molecule has 1 atom stereocenters. The van der Waals surface area contributed by atoms with Crippen LogP contribution in [0.3, 0.4) is 0 Å². The topological polar surface area (TPSA) is 79.7 Å². The van der Waals surface area contributed by atoms with Gasteiger partial charge in [-0.25, -0.2) is 0 Å². The van der Waals surface area contributed by atoms with Gasteiger partial charge in [-0.1, -0.05) is 30.3 Å². The lowest BCUT2D eigenvalue weighted by molar-refractivity contribution is -0.133. The first-order valence-corrected chi connectivity index (χ1v) is 12.5. The fourth-order valence-corrected chi connectivity index (χ4v) is 5.11. The zero-order valence-electron chi connectivity index (χ0n) is 20.9. The minimum absolute atomic E-state index is 0.0789. The minimum Gasteiger partial charge on any atom is -0.490 e. The summed E-state index contributed by atoms with van der Waals surface area (Å²) >= 11 is 0. The summed E-state index contributed by atoms with van der Waals surface area (Å²) in [5.74, 6) is 0.848. The number of hydrogen-bond donors (Lipinski definition) is 1. The molecule has 0 radical (unpaired) electrons. The lowest BCUT2D eigenvalue weighted by Crippen LogP contribution is -2.42. The van der Waals surface area contributed by atoms with Gasteiger partial charge < -0.3 is 15.0 Å². The van der Waals surface area contributed by atoms with Crippen LogP contribution in [0.5, 0.6) is 5.75 Å². The summed E-state index contributed by atoms with van der Waals surface area (Å²) in [5.41, 5.74) is 4.02. The number of ether oxygens (including phenoxy) is 1. The van der Waals surface area contributed by atoms with E-state index in [2.05, 4.69) is 34.5 Å². The summed E-state index contributed by atoms with van der Waals surface area (Å²) in [7, 11) is 4.03. The molecule has 1 aromatic heterocycles. The maximum absolute atomic E-state index is 12.9. The third-order valence-electron chi connectivity index (χ3n) is 6.95. The molecule has 1 fully saturated rings. The van der Waals surface area contributed by atoms with Gasteiger partial charge in [0.2, 0.25) is 5.91 Å². The molecular formula is C28H33N5O3. The number of aromatic nitrogens is 2. The highest BCUT2D eigenvalue weighted by Gasteiger charge is 2.32. The lowest BCUT2D eigenvalue weighted by Gasteiger charge is -2.33. The van der Waals surface area contributed by atoms with Gasteiger partial charge in [-0.2, -0.15) is 5.10 Å². The summed E-state index contributed by atoms with van der Waals surface area (Å²) in [6, 6.07) is 15.5. The molecule has 1 unspecified atom stereocenters. The first kappa shape index (κ1) is 24.1. The van der Waals surface area contributed by atoms with Gasteiger partial charge in [-0.3, -0.25) is 19.2 Å². The van der Waals surface area contributed by atoms with E-state index in [4.69, 9.17) is 4.74 Å². The molecule has 2 amide bonds. The Kier molecular flexibility index (Phi) is 7.04. The van der Waals surface area contributed by atoms with E-state index < -0.39 is 0 Å². The predicted octanol–water partition coefficient (Wildman–Crippen LogP) is 3.30. The molecule has 2 aromatic carbocycles. The summed E-state index contributed by atoms with van der Waals surface area (Å²) in [6.45, 7) is 3.04.